The average molecular weight is 513 g/mol. The first-order valence-electron chi connectivity index (χ1n) is 12.4. The first-order chi connectivity index (χ1) is 18.7. The van der Waals surface area contributed by atoms with E-state index in [1.54, 1.807) is 11.0 Å². The van der Waals surface area contributed by atoms with Crippen molar-refractivity contribution < 1.29 is 17.7 Å². The zero-order valence-corrected chi connectivity index (χ0v) is 19.1. The molecule has 2 aliphatic heterocycles. The molecule has 3 aromatic heterocycles. The minimum Gasteiger partial charge on any atom is -0.384 e. The Kier molecular flexibility index (Phi) is 4.49. The number of nitrogens with two attached hydrogens (primary N) is 1. The number of hydrogen-bond acceptors (Lipinski definition) is 7. The van der Waals surface area contributed by atoms with Crippen molar-refractivity contribution in [3.05, 3.63) is 71.0 Å². The highest BCUT2D eigenvalue weighted by molar-refractivity contribution is 6.31. The summed E-state index contributed by atoms with van der Waals surface area (Å²) in [7, 11) is 0. The molecule has 13 heteroatoms. The van der Waals surface area contributed by atoms with Gasteiger partial charge in [0.1, 0.15) is 18.0 Å². The fourth-order valence-electron chi connectivity index (χ4n) is 4.81. The van der Waals surface area contributed by atoms with Gasteiger partial charge in [-0.1, -0.05) is 11.6 Å². The lowest BCUT2D eigenvalue weighted by molar-refractivity contribution is -0.129. The number of nitrogen functional groups attached to an aromatic ring is 1. The highest BCUT2D eigenvalue weighted by Crippen LogP contribution is 2.44. The van der Waals surface area contributed by atoms with Crippen LogP contribution < -0.4 is 5.73 Å². The summed E-state index contributed by atoms with van der Waals surface area (Å²) in [5.41, 5.74) is 5.85. The highest BCUT2D eigenvalue weighted by atomic mass is 35.5. The number of carbonyl (C=O) groups is 1. The van der Waals surface area contributed by atoms with Crippen molar-refractivity contribution in [1.29, 1.82) is 0 Å². The second-order valence-electron chi connectivity index (χ2n) is 8.40. The number of tetrazole rings is 1. The molecule has 2 atom stereocenters. The Morgan fingerprint density at radius 3 is 2.92 bits per heavy atom. The summed E-state index contributed by atoms with van der Waals surface area (Å²) in [6.45, 7) is 0. The van der Waals surface area contributed by atoms with E-state index in [-0.39, 0.29) is 34.3 Å². The maximum atomic E-state index is 15.3. The molecule has 3 N–H and O–H groups in total. The molecular weight excluding hydrogens is 492 g/mol. The van der Waals surface area contributed by atoms with Gasteiger partial charge >= 0.3 is 0 Å². The Labute approximate surface area is 212 Å². The molecule has 1 amide bonds. The van der Waals surface area contributed by atoms with Gasteiger partial charge in [-0.25, -0.2) is 14.4 Å². The molecule has 4 aromatic rings. The van der Waals surface area contributed by atoms with Crippen LogP contribution in [0.3, 0.4) is 0 Å². The molecule has 182 valence electrons. The molecule has 2 aliphatic rings. The van der Waals surface area contributed by atoms with Crippen LogP contribution in [0.25, 0.3) is 22.5 Å². The molecule has 0 spiro atoms. The Balaban J connectivity index is 1.36. The summed E-state index contributed by atoms with van der Waals surface area (Å²) in [4.78, 5) is 25.5. The number of anilines is 1. The van der Waals surface area contributed by atoms with Gasteiger partial charge in [-0.3, -0.25) is 4.79 Å². The minimum absolute atomic E-state index is 0.109. The first-order valence-corrected chi connectivity index (χ1v) is 11.3. The molecule has 1 saturated heterocycles. The third-order valence-corrected chi connectivity index (χ3v) is 6.64. The fourth-order valence-corrected chi connectivity index (χ4v) is 4.97. The number of nitrogens with zero attached hydrogens (tertiary/aromatic N) is 7. The van der Waals surface area contributed by atoms with Crippen LogP contribution in [0.15, 0.2) is 42.8 Å². The van der Waals surface area contributed by atoms with Crippen molar-refractivity contribution in [2.45, 2.75) is 31.3 Å². The first kappa shape index (κ1) is 19.1. The average Bonchev–Trinajstić information content (AvgIpc) is 3.65. The number of pyridine rings is 1. The van der Waals surface area contributed by atoms with E-state index < -0.39 is 47.2 Å². The van der Waals surface area contributed by atoms with Gasteiger partial charge < -0.3 is 15.6 Å². The van der Waals surface area contributed by atoms with Gasteiger partial charge in [-0.05, 0) is 59.5 Å². The number of aromatic nitrogens is 7. The molecule has 6 rings (SSSR count). The van der Waals surface area contributed by atoms with Crippen molar-refractivity contribution in [3.63, 3.8) is 0 Å². The Morgan fingerprint density at radius 2 is 2.11 bits per heavy atom. The van der Waals surface area contributed by atoms with Gasteiger partial charge in [0.05, 0.1) is 38.3 Å². The minimum atomic E-state index is -1.11. The number of benzene rings is 1. The third-order valence-electron chi connectivity index (χ3n) is 6.35. The summed E-state index contributed by atoms with van der Waals surface area (Å²) in [5, 5.41) is 10.9. The van der Waals surface area contributed by atoms with E-state index in [0.29, 0.717) is 30.5 Å². The van der Waals surface area contributed by atoms with Gasteiger partial charge in [-0.15, -0.1) is 5.10 Å². The molecule has 36 heavy (non-hydrogen) atoms. The summed E-state index contributed by atoms with van der Waals surface area (Å²) >= 11 is 6.07. The quantitative estimate of drug-likeness (QED) is 0.400. The van der Waals surface area contributed by atoms with Gasteiger partial charge in [0.25, 0.3) is 0 Å². The maximum absolute atomic E-state index is 15.3. The Bertz CT molecular complexity index is 1680. The molecule has 0 aliphatic carbocycles. The van der Waals surface area contributed by atoms with Crippen LogP contribution in [0.4, 0.5) is 14.6 Å². The molecule has 1 aromatic carbocycles. The number of fused-ring (bicyclic) bond motifs is 1. The Morgan fingerprint density at radius 1 is 1.25 bits per heavy atom. The van der Waals surface area contributed by atoms with Crippen LogP contribution in [0.2, 0.25) is 5.02 Å². The topological polar surface area (TPSA) is 132 Å². The smallest absolute Gasteiger partial charge is 0.247 e. The molecule has 10 nitrogen and oxygen atoms in total. The number of imidazole rings is 1. The number of nitrogens with one attached hydrogen (secondary N) is 1. The molecule has 5 heterocycles. The van der Waals surface area contributed by atoms with E-state index in [1.807, 2.05) is 0 Å². The lowest BCUT2D eigenvalue weighted by Crippen LogP contribution is -2.39. The SMILES string of the molecule is [2H]c1nc([C@H]2CC[C@H]3CC(c4c(-n5cnnn5)ccc(Cl)c4F)=CC(=O)N32)[nH]c1-c1c(F)nc(N)c([2H])c1[2H]. The van der Waals surface area contributed by atoms with E-state index in [4.69, 9.17) is 21.4 Å². The van der Waals surface area contributed by atoms with Crippen LogP contribution >= 0.6 is 11.6 Å². The van der Waals surface area contributed by atoms with E-state index in [9.17, 15) is 9.18 Å². The number of rotatable bonds is 4. The van der Waals surface area contributed by atoms with Gasteiger partial charge in [0.15, 0.2) is 5.82 Å². The predicted octanol–water partition coefficient (Wildman–Crippen LogP) is 3.48. The summed E-state index contributed by atoms with van der Waals surface area (Å²) in [6, 6.07) is 1.07. The zero-order valence-electron chi connectivity index (χ0n) is 21.3. The Hall–Kier alpha value is -4.19. The number of hydrogen-bond donors (Lipinski definition) is 2. The van der Waals surface area contributed by atoms with Crippen molar-refractivity contribution in [2.24, 2.45) is 0 Å². The molecular formula is C23H18ClF2N9O. The van der Waals surface area contributed by atoms with Crippen LogP contribution in [0, 0.1) is 11.8 Å². The standard InChI is InChI=1S/C23H18ClF2N9O/c24-14-3-5-16(34-10-29-32-33-34)20(21(14)25)11-7-12-1-4-17(35(12)19(36)8-11)23-28-9-15(30-23)13-2-6-18(27)31-22(13)26/h2-3,5-6,8-10,12,17H,1,4,7H2,(H2,27,31)(H,28,30)/t12-,17+/m0/s1/i2D,6D,9D. The summed E-state index contributed by atoms with van der Waals surface area (Å²) in [6.07, 6.45) is 3.62. The van der Waals surface area contributed by atoms with Crippen molar-refractivity contribution >= 4 is 28.9 Å². The van der Waals surface area contributed by atoms with Crippen molar-refractivity contribution in [3.8, 4) is 16.9 Å². The second-order valence-corrected chi connectivity index (χ2v) is 8.80. The van der Waals surface area contributed by atoms with Crippen LogP contribution in [0.1, 0.15) is 40.8 Å². The predicted molar refractivity (Wildman–Crippen MR) is 126 cm³/mol. The number of amides is 1. The normalized spacial score (nSPS) is 20.6. The third kappa shape index (κ3) is 3.61. The lowest BCUT2D eigenvalue weighted by atomic mass is 9.92. The summed E-state index contributed by atoms with van der Waals surface area (Å²) in [5.74, 6) is -2.41. The van der Waals surface area contributed by atoms with Gasteiger partial charge in [0.2, 0.25) is 11.9 Å². The van der Waals surface area contributed by atoms with Crippen molar-refractivity contribution in [2.75, 3.05) is 5.73 Å². The van der Waals surface area contributed by atoms with Gasteiger partial charge in [0, 0.05) is 17.7 Å². The zero-order chi connectivity index (χ0) is 27.6. The van der Waals surface area contributed by atoms with Crippen molar-refractivity contribution in [1.82, 2.24) is 40.1 Å². The molecule has 0 saturated carbocycles. The van der Waals surface area contributed by atoms with E-state index in [1.165, 1.54) is 23.2 Å². The van der Waals surface area contributed by atoms with E-state index in [2.05, 4.69) is 30.5 Å². The number of carbonyl (C=O) groups excluding carboxylic acids is 1. The second kappa shape index (κ2) is 8.48. The lowest BCUT2D eigenvalue weighted by Gasteiger charge is -2.33. The number of halogens is 3. The van der Waals surface area contributed by atoms with E-state index >= 15 is 4.39 Å². The monoisotopic (exact) mass is 512 g/mol. The fraction of sp³-hybridized carbons (Fsp3) is 0.217. The summed E-state index contributed by atoms with van der Waals surface area (Å²) < 4.78 is 55.4. The molecule has 0 radical (unpaired) electrons. The van der Waals surface area contributed by atoms with Crippen LogP contribution in [-0.4, -0.2) is 52.0 Å². The molecule has 0 bridgehead atoms. The largest absolute Gasteiger partial charge is 0.384 e. The number of H-pyrrole nitrogens is 1. The number of aromatic amines is 1. The molecule has 0 unspecified atom stereocenters. The molecule has 1 fully saturated rings. The van der Waals surface area contributed by atoms with E-state index in [0.717, 1.165) is 0 Å². The van der Waals surface area contributed by atoms with Crippen LogP contribution in [-0.2, 0) is 4.79 Å². The highest BCUT2D eigenvalue weighted by Gasteiger charge is 2.42. The van der Waals surface area contributed by atoms with Gasteiger partial charge in [-0.2, -0.15) is 9.07 Å². The maximum Gasteiger partial charge on any atom is 0.247 e. The van der Waals surface area contributed by atoms with Crippen LogP contribution in [0.5, 0.6) is 0 Å².